The van der Waals surface area contributed by atoms with Crippen LogP contribution in [0.3, 0.4) is 0 Å². The molecular weight excluding hydrogens is 318 g/mol. The molecule has 1 aliphatic rings. The van der Waals surface area contributed by atoms with E-state index in [0.29, 0.717) is 0 Å². The molecule has 0 saturated carbocycles. The van der Waals surface area contributed by atoms with E-state index >= 15 is 0 Å². The lowest BCUT2D eigenvalue weighted by Gasteiger charge is -2.36. The van der Waals surface area contributed by atoms with E-state index in [1.165, 1.54) is 0 Å². The van der Waals surface area contributed by atoms with Crippen LogP contribution in [-0.4, -0.2) is 36.1 Å². The number of rotatable bonds is 2. The molecule has 0 spiro atoms. The van der Waals surface area contributed by atoms with Crippen molar-refractivity contribution in [3.05, 3.63) is 41.1 Å². The molecule has 3 rings (SSSR count). The highest BCUT2D eigenvalue weighted by atomic mass is 79.9. The van der Waals surface area contributed by atoms with E-state index in [9.17, 15) is 0 Å². The number of hydrogen-bond donors (Lipinski definition) is 1. The third kappa shape index (κ3) is 2.70. The van der Waals surface area contributed by atoms with Gasteiger partial charge in [0.1, 0.15) is 0 Å². The van der Waals surface area contributed by atoms with Crippen LogP contribution < -0.4 is 15.5 Å². The van der Waals surface area contributed by atoms with Crippen LogP contribution in [-0.2, 0) is 0 Å². The van der Waals surface area contributed by atoms with Gasteiger partial charge in [-0.1, -0.05) is 15.9 Å². The first-order chi connectivity index (χ1) is 9.74. The standard InChI is InChI=1S/C14H16BrN5/c15-11-2-3-13(12(16)10-11)19-6-8-20(9-7-19)14-17-4-1-5-18-14/h1-5,10H,6-9,16H2. The predicted molar refractivity (Wildman–Crippen MR) is 85.0 cm³/mol. The topological polar surface area (TPSA) is 58.3 Å². The fourth-order valence-corrected chi connectivity index (χ4v) is 2.79. The molecule has 0 aliphatic carbocycles. The van der Waals surface area contributed by atoms with Crippen molar-refractivity contribution in [3.63, 3.8) is 0 Å². The Balaban J connectivity index is 1.69. The Morgan fingerprint density at radius 3 is 2.30 bits per heavy atom. The molecule has 2 N–H and O–H groups in total. The van der Waals surface area contributed by atoms with Gasteiger partial charge in [-0.15, -0.1) is 0 Å². The van der Waals surface area contributed by atoms with E-state index in [0.717, 1.165) is 48.0 Å². The number of hydrogen-bond acceptors (Lipinski definition) is 5. The zero-order chi connectivity index (χ0) is 13.9. The van der Waals surface area contributed by atoms with Crippen LogP contribution in [0.4, 0.5) is 17.3 Å². The van der Waals surface area contributed by atoms with Gasteiger partial charge >= 0.3 is 0 Å². The molecule has 0 bridgehead atoms. The molecule has 1 aromatic heterocycles. The molecule has 20 heavy (non-hydrogen) atoms. The summed E-state index contributed by atoms with van der Waals surface area (Å²) in [5.74, 6) is 0.802. The highest BCUT2D eigenvalue weighted by Crippen LogP contribution is 2.27. The van der Waals surface area contributed by atoms with Crippen LogP contribution in [0.1, 0.15) is 0 Å². The van der Waals surface area contributed by atoms with Gasteiger partial charge in [-0.2, -0.15) is 0 Å². The molecule has 6 heteroatoms. The van der Waals surface area contributed by atoms with Crippen LogP contribution in [0.5, 0.6) is 0 Å². The molecule has 2 heterocycles. The molecule has 1 aliphatic heterocycles. The number of anilines is 3. The fraction of sp³-hybridized carbons (Fsp3) is 0.286. The van der Waals surface area contributed by atoms with Crippen molar-refractivity contribution < 1.29 is 0 Å². The molecule has 0 amide bonds. The molecule has 0 unspecified atom stereocenters. The smallest absolute Gasteiger partial charge is 0.225 e. The van der Waals surface area contributed by atoms with Crippen molar-refractivity contribution in [1.82, 2.24) is 9.97 Å². The summed E-state index contributed by atoms with van der Waals surface area (Å²) in [5.41, 5.74) is 8.00. The van der Waals surface area contributed by atoms with Crippen LogP contribution >= 0.6 is 15.9 Å². The lowest BCUT2D eigenvalue weighted by atomic mass is 10.2. The second-order valence-corrected chi connectivity index (χ2v) is 5.64. The summed E-state index contributed by atoms with van der Waals surface area (Å²) in [6.45, 7) is 3.65. The van der Waals surface area contributed by atoms with Crippen molar-refractivity contribution >= 4 is 33.3 Å². The van der Waals surface area contributed by atoms with Gasteiger partial charge in [0.15, 0.2) is 0 Å². The summed E-state index contributed by atoms with van der Waals surface area (Å²) in [7, 11) is 0. The number of aromatic nitrogens is 2. The summed E-state index contributed by atoms with van der Waals surface area (Å²) in [4.78, 5) is 13.1. The van der Waals surface area contributed by atoms with E-state index in [1.807, 2.05) is 18.2 Å². The molecular formula is C14H16BrN5. The number of nitrogens with zero attached hydrogens (tertiary/aromatic N) is 4. The summed E-state index contributed by atoms with van der Waals surface area (Å²) in [6.07, 6.45) is 3.56. The second-order valence-electron chi connectivity index (χ2n) is 4.73. The quantitative estimate of drug-likeness (QED) is 0.853. The zero-order valence-corrected chi connectivity index (χ0v) is 12.6. The molecule has 1 fully saturated rings. The highest BCUT2D eigenvalue weighted by molar-refractivity contribution is 9.10. The SMILES string of the molecule is Nc1cc(Br)ccc1N1CCN(c2ncccn2)CC1. The Kier molecular flexibility index (Phi) is 3.73. The Labute approximate surface area is 126 Å². The number of piperazine rings is 1. The number of nitrogens with two attached hydrogens (primary N) is 1. The maximum atomic E-state index is 6.09. The molecule has 1 aromatic carbocycles. The van der Waals surface area contributed by atoms with Crippen LogP contribution in [0.25, 0.3) is 0 Å². The highest BCUT2D eigenvalue weighted by Gasteiger charge is 2.20. The van der Waals surface area contributed by atoms with Crippen LogP contribution in [0.15, 0.2) is 41.1 Å². The van der Waals surface area contributed by atoms with Gasteiger partial charge in [0.2, 0.25) is 5.95 Å². The van der Waals surface area contributed by atoms with Crippen molar-refractivity contribution in [1.29, 1.82) is 0 Å². The van der Waals surface area contributed by atoms with Crippen LogP contribution in [0.2, 0.25) is 0 Å². The Bertz CT molecular complexity index is 581. The number of benzene rings is 1. The third-order valence-electron chi connectivity index (χ3n) is 3.44. The minimum absolute atomic E-state index is 0.802. The minimum atomic E-state index is 0.802. The first-order valence-corrected chi connectivity index (χ1v) is 7.35. The molecule has 104 valence electrons. The Hall–Kier alpha value is -1.82. The van der Waals surface area contributed by atoms with Crippen molar-refractivity contribution in [2.75, 3.05) is 41.7 Å². The number of nitrogen functional groups attached to an aromatic ring is 1. The Morgan fingerprint density at radius 2 is 1.65 bits per heavy atom. The van der Waals surface area contributed by atoms with Crippen molar-refractivity contribution in [2.24, 2.45) is 0 Å². The van der Waals surface area contributed by atoms with Crippen molar-refractivity contribution in [3.8, 4) is 0 Å². The average molecular weight is 334 g/mol. The monoisotopic (exact) mass is 333 g/mol. The van der Waals surface area contributed by atoms with Crippen LogP contribution in [0, 0.1) is 0 Å². The summed E-state index contributed by atoms with van der Waals surface area (Å²) < 4.78 is 1.01. The fourth-order valence-electron chi connectivity index (χ4n) is 2.42. The van der Waals surface area contributed by atoms with Gasteiger partial charge in [0.25, 0.3) is 0 Å². The van der Waals surface area contributed by atoms with E-state index in [2.05, 4.69) is 41.8 Å². The second kappa shape index (κ2) is 5.66. The minimum Gasteiger partial charge on any atom is -0.397 e. The Morgan fingerprint density at radius 1 is 1.00 bits per heavy atom. The molecule has 1 saturated heterocycles. The lowest BCUT2D eigenvalue weighted by molar-refractivity contribution is 0.640. The number of halogens is 1. The first-order valence-electron chi connectivity index (χ1n) is 6.56. The molecule has 2 aromatic rings. The maximum Gasteiger partial charge on any atom is 0.225 e. The summed E-state index contributed by atoms with van der Waals surface area (Å²) in [5, 5.41) is 0. The van der Waals surface area contributed by atoms with Crippen molar-refractivity contribution in [2.45, 2.75) is 0 Å². The lowest BCUT2D eigenvalue weighted by Crippen LogP contribution is -2.47. The van der Waals surface area contributed by atoms with Gasteiger partial charge in [-0.05, 0) is 24.3 Å². The van der Waals surface area contributed by atoms with E-state index in [-0.39, 0.29) is 0 Å². The molecule has 0 atom stereocenters. The van der Waals surface area contributed by atoms with Gasteiger partial charge in [0.05, 0.1) is 11.4 Å². The first kappa shape index (κ1) is 13.2. The predicted octanol–water partition coefficient (Wildman–Crippen LogP) is 2.15. The van der Waals surface area contributed by atoms with E-state index in [4.69, 9.17) is 5.73 Å². The zero-order valence-electron chi connectivity index (χ0n) is 11.0. The molecule has 5 nitrogen and oxygen atoms in total. The summed E-state index contributed by atoms with van der Waals surface area (Å²) in [6, 6.07) is 7.87. The maximum absolute atomic E-state index is 6.09. The van der Waals surface area contributed by atoms with E-state index in [1.54, 1.807) is 12.4 Å². The third-order valence-corrected chi connectivity index (χ3v) is 3.94. The van der Waals surface area contributed by atoms with Gasteiger partial charge in [0, 0.05) is 43.0 Å². The largest absolute Gasteiger partial charge is 0.397 e. The van der Waals surface area contributed by atoms with E-state index < -0.39 is 0 Å². The average Bonchev–Trinajstić information content (AvgIpc) is 2.48. The van der Waals surface area contributed by atoms with Gasteiger partial charge in [-0.3, -0.25) is 0 Å². The normalized spacial score (nSPS) is 15.4. The summed E-state index contributed by atoms with van der Waals surface area (Å²) >= 11 is 3.44. The molecule has 0 radical (unpaired) electrons. The van der Waals surface area contributed by atoms with Gasteiger partial charge < -0.3 is 15.5 Å². The van der Waals surface area contributed by atoms with Gasteiger partial charge in [-0.25, -0.2) is 9.97 Å².